The Balaban J connectivity index is 1.81. The fourth-order valence-electron chi connectivity index (χ4n) is 2.48. The summed E-state index contributed by atoms with van der Waals surface area (Å²) in [6, 6.07) is 1.36. The summed E-state index contributed by atoms with van der Waals surface area (Å²) in [6.07, 6.45) is 2.77. The molecule has 2 N–H and O–H groups in total. The number of hydrogen-bond donors (Lipinski definition) is 2. The van der Waals surface area contributed by atoms with E-state index in [0.29, 0.717) is 18.5 Å². The van der Waals surface area contributed by atoms with E-state index in [1.807, 2.05) is 7.05 Å². The van der Waals surface area contributed by atoms with E-state index in [4.69, 9.17) is 0 Å². The van der Waals surface area contributed by atoms with Crippen LogP contribution >= 0.6 is 15.9 Å². The smallest absolute Gasteiger partial charge is 0.191 e. The van der Waals surface area contributed by atoms with Crippen molar-refractivity contribution in [2.45, 2.75) is 31.8 Å². The standard InChI is InChI=1S/C13H23BrN4/c1-9-7-18(11-4-5-11)8-12(9)17-13(15-3)16-6-10(2)14/h9,11-12H,2,4-8H2,1,3H3,(H2,15,16,17). The zero-order valence-electron chi connectivity index (χ0n) is 11.2. The van der Waals surface area contributed by atoms with Crippen molar-refractivity contribution in [2.75, 3.05) is 26.7 Å². The van der Waals surface area contributed by atoms with Crippen LogP contribution in [0.2, 0.25) is 0 Å². The molecule has 0 radical (unpaired) electrons. The van der Waals surface area contributed by atoms with Crippen molar-refractivity contribution in [3.05, 3.63) is 11.1 Å². The second kappa shape index (κ2) is 6.06. The molecule has 0 bridgehead atoms. The predicted molar refractivity (Wildman–Crippen MR) is 80.1 cm³/mol. The quantitative estimate of drug-likeness (QED) is 0.611. The van der Waals surface area contributed by atoms with Crippen molar-refractivity contribution in [1.29, 1.82) is 0 Å². The zero-order valence-corrected chi connectivity index (χ0v) is 12.8. The maximum atomic E-state index is 4.26. The third kappa shape index (κ3) is 3.72. The molecule has 0 aromatic carbocycles. The highest BCUT2D eigenvalue weighted by Crippen LogP contribution is 2.31. The summed E-state index contributed by atoms with van der Waals surface area (Å²) in [5, 5.41) is 6.77. The molecule has 1 aliphatic carbocycles. The van der Waals surface area contributed by atoms with Crippen molar-refractivity contribution in [2.24, 2.45) is 10.9 Å². The summed E-state index contributed by atoms with van der Waals surface area (Å²) in [4.78, 5) is 6.87. The van der Waals surface area contributed by atoms with E-state index >= 15 is 0 Å². The Kier molecular flexibility index (Phi) is 4.67. The van der Waals surface area contributed by atoms with Crippen LogP contribution < -0.4 is 10.6 Å². The van der Waals surface area contributed by atoms with Crippen LogP contribution in [0.5, 0.6) is 0 Å². The van der Waals surface area contributed by atoms with Gasteiger partial charge in [0, 0.05) is 43.2 Å². The molecule has 2 atom stereocenters. The lowest BCUT2D eigenvalue weighted by Crippen LogP contribution is -2.46. The third-order valence-corrected chi connectivity index (χ3v) is 3.98. The summed E-state index contributed by atoms with van der Waals surface area (Å²) >= 11 is 3.35. The molecule has 1 saturated heterocycles. The van der Waals surface area contributed by atoms with Gasteiger partial charge in [-0.1, -0.05) is 29.4 Å². The SMILES string of the molecule is C=C(Br)CNC(=NC)NC1CN(C2CC2)CC1C. The Morgan fingerprint density at radius 1 is 1.44 bits per heavy atom. The Bertz CT molecular complexity index is 338. The average molecular weight is 315 g/mol. The van der Waals surface area contributed by atoms with Gasteiger partial charge in [-0.2, -0.15) is 0 Å². The normalized spacial score (nSPS) is 29.4. The zero-order chi connectivity index (χ0) is 13.1. The second-order valence-corrected chi connectivity index (χ2v) is 6.48. The highest BCUT2D eigenvalue weighted by Gasteiger charge is 2.38. The molecule has 2 unspecified atom stereocenters. The minimum absolute atomic E-state index is 0.500. The van der Waals surface area contributed by atoms with Crippen molar-refractivity contribution in [3.63, 3.8) is 0 Å². The van der Waals surface area contributed by atoms with Crippen LogP contribution in [0.4, 0.5) is 0 Å². The molecule has 102 valence electrons. The molecule has 4 nitrogen and oxygen atoms in total. The number of aliphatic imine (C=N–C) groups is 1. The molecule has 1 heterocycles. The fraction of sp³-hybridized carbons (Fsp3) is 0.769. The lowest BCUT2D eigenvalue weighted by Gasteiger charge is -2.20. The molecule has 1 aliphatic heterocycles. The van der Waals surface area contributed by atoms with Crippen molar-refractivity contribution < 1.29 is 0 Å². The van der Waals surface area contributed by atoms with Gasteiger partial charge in [0.1, 0.15) is 0 Å². The van der Waals surface area contributed by atoms with E-state index in [9.17, 15) is 0 Å². The van der Waals surface area contributed by atoms with Gasteiger partial charge in [0.15, 0.2) is 5.96 Å². The maximum absolute atomic E-state index is 4.26. The van der Waals surface area contributed by atoms with Crippen LogP contribution in [0.15, 0.2) is 16.1 Å². The first kappa shape index (κ1) is 13.9. The van der Waals surface area contributed by atoms with Crippen LogP contribution in [0.1, 0.15) is 19.8 Å². The molecule has 2 fully saturated rings. The predicted octanol–water partition coefficient (Wildman–Crippen LogP) is 1.54. The monoisotopic (exact) mass is 314 g/mol. The van der Waals surface area contributed by atoms with Crippen LogP contribution in [0.3, 0.4) is 0 Å². The van der Waals surface area contributed by atoms with E-state index in [0.717, 1.165) is 23.0 Å². The summed E-state index contributed by atoms with van der Waals surface area (Å²) in [5.41, 5.74) is 0. The first-order valence-electron chi connectivity index (χ1n) is 6.64. The Morgan fingerprint density at radius 3 is 2.72 bits per heavy atom. The summed E-state index contributed by atoms with van der Waals surface area (Å²) < 4.78 is 0.935. The number of nitrogens with zero attached hydrogens (tertiary/aromatic N) is 2. The van der Waals surface area contributed by atoms with Crippen molar-refractivity contribution in [1.82, 2.24) is 15.5 Å². The molecular weight excluding hydrogens is 292 g/mol. The van der Waals surface area contributed by atoms with E-state index in [-0.39, 0.29) is 0 Å². The van der Waals surface area contributed by atoms with Crippen LogP contribution in [0.25, 0.3) is 0 Å². The largest absolute Gasteiger partial charge is 0.352 e. The van der Waals surface area contributed by atoms with Gasteiger partial charge < -0.3 is 10.6 Å². The van der Waals surface area contributed by atoms with Crippen LogP contribution in [-0.4, -0.2) is 49.6 Å². The van der Waals surface area contributed by atoms with E-state index in [1.165, 1.54) is 19.4 Å². The summed E-state index contributed by atoms with van der Waals surface area (Å²) in [6.45, 7) is 9.19. The highest BCUT2D eigenvalue weighted by atomic mass is 79.9. The van der Waals surface area contributed by atoms with Gasteiger partial charge in [-0.15, -0.1) is 0 Å². The minimum atomic E-state index is 0.500. The Labute approximate surface area is 118 Å². The average Bonchev–Trinajstić information content (AvgIpc) is 3.10. The fourth-order valence-corrected chi connectivity index (χ4v) is 2.62. The first-order valence-corrected chi connectivity index (χ1v) is 7.44. The Morgan fingerprint density at radius 2 is 2.17 bits per heavy atom. The molecule has 0 amide bonds. The molecule has 0 aromatic rings. The van der Waals surface area contributed by atoms with Gasteiger partial charge in [-0.05, 0) is 18.8 Å². The van der Waals surface area contributed by atoms with Crippen LogP contribution in [-0.2, 0) is 0 Å². The molecule has 2 rings (SSSR count). The molecule has 2 aliphatic rings. The van der Waals surface area contributed by atoms with Gasteiger partial charge in [0.05, 0.1) is 0 Å². The Hall–Kier alpha value is -0.550. The molecule has 0 aromatic heterocycles. The van der Waals surface area contributed by atoms with Gasteiger partial charge in [-0.3, -0.25) is 9.89 Å². The number of rotatable bonds is 4. The maximum Gasteiger partial charge on any atom is 0.191 e. The number of likely N-dealkylation sites (tertiary alicyclic amines) is 1. The number of guanidine groups is 1. The number of halogens is 1. The molecule has 18 heavy (non-hydrogen) atoms. The molecule has 0 spiro atoms. The topological polar surface area (TPSA) is 39.7 Å². The molecule has 1 saturated carbocycles. The second-order valence-electron chi connectivity index (χ2n) is 5.36. The lowest BCUT2D eigenvalue weighted by molar-refractivity contribution is 0.315. The minimum Gasteiger partial charge on any atom is -0.352 e. The highest BCUT2D eigenvalue weighted by molar-refractivity contribution is 9.11. The first-order chi connectivity index (χ1) is 8.60. The summed E-state index contributed by atoms with van der Waals surface area (Å²) in [5.74, 6) is 1.54. The molecular formula is C13H23BrN4. The van der Waals surface area contributed by atoms with E-state index < -0.39 is 0 Å². The van der Waals surface area contributed by atoms with Crippen LogP contribution in [0, 0.1) is 5.92 Å². The third-order valence-electron chi connectivity index (χ3n) is 3.70. The van der Waals surface area contributed by atoms with E-state index in [1.54, 1.807) is 0 Å². The van der Waals surface area contributed by atoms with Gasteiger partial charge in [0.25, 0.3) is 0 Å². The number of hydrogen-bond acceptors (Lipinski definition) is 2. The summed E-state index contributed by atoms with van der Waals surface area (Å²) in [7, 11) is 1.81. The van der Waals surface area contributed by atoms with Crippen molar-refractivity contribution >= 4 is 21.9 Å². The number of nitrogens with one attached hydrogen (secondary N) is 2. The van der Waals surface area contributed by atoms with Gasteiger partial charge in [-0.25, -0.2) is 0 Å². The van der Waals surface area contributed by atoms with E-state index in [2.05, 4.69) is 50.0 Å². The lowest BCUT2D eigenvalue weighted by atomic mass is 10.1. The van der Waals surface area contributed by atoms with Crippen molar-refractivity contribution in [3.8, 4) is 0 Å². The van der Waals surface area contributed by atoms with Gasteiger partial charge >= 0.3 is 0 Å². The van der Waals surface area contributed by atoms with Gasteiger partial charge in [0.2, 0.25) is 0 Å². The molecule has 5 heteroatoms.